The third-order valence-electron chi connectivity index (χ3n) is 4.70. The molecule has 1 aliphatic rings. The second kappa shape index (κ2) is 6.53. The van der Waals surface area contributed by atoms with Gasteiger partial charge in [-0.25, -0.2) is 0 Å². The SMILES string of the molecule is COc1ccc(Cc2nn(C)c3c2C(CCN)CCC3)cc1. The Kier molecular flexibility index (Phi) is 4.48. The van der Waals surface area contributed by atoms with Crippen LogP contribution in [0.15, 0.2) is 24.3 Å². The molecule has 22 heavy (non-hydrogen) atoms. The van der Waals surface area contributed by atoms with Crippen LogP contribution in [0.4, 0.5) is 0 Å². The van der Waals surface area contributed by atoms with E-state index < -0.39 is 0 Å². The van der Waals surface area contributed by atoms with Crippen LogP contribution < -0.4 is 10.5 Å². The van der Waals surface area contributed by atoms with Gasteiger partial charge in [0.15, 0.2) is 0 Å². The maximum absolute atomic E-state index is 5.82. The van der Waals surface area contributed by atoms with Crippen molar-refractivity contribution in [1.29, 1.82) is 0 Å². The highest BCUT2D eigenvalue weighted by Crippen LogP contribution is 2.36. The summed E-state index contributed by atoms with van der Waals surface area (Å²) in [5.41, 5.74) is 11.2. The molecule has 3 rings (SSSR count). The number of methoxy groups -OCH3 is 1. The Morgan fingerprint density at radius 1 is 1.32 bits per heavy atom. The monoisotopic (exact) mass is 299 g/mol. The van der Waals surface area contributed by atoms with Gasteiger partial charge in [-0.3, -0.25) is 4.68 Å². The summed E-state index contributed by atoms with van der Waals surface area (Å²) in [6.45, 7) is 0.751. The molecule has 0 saturated heterocycles. The average molecular weight is 299 g/mol. The van der Waals surface area contributed by atoms with E-state index >= 15 is 0 Å². The van der Waals surface area contributed by atoms with Gasteiger partial charge in [0.25, 0.3) is 0 Å². The Hall–Kier alpha value is -1.81. The molecule has 0 spiro atoms. The van der Waals surface area contributed by atoms with Crippen molar-refractivity contribution in [1.82, 2.24) is 9.78 Å². The number of hydrogen-bond donors (Lipinski definition) is 1. The van der Waals surface area contributed by atoms with Gasteiger partial charge in [-0.05, 0) is 61.4 Å². The lowest BCUT2D eigenvalue weighted by Gasteiger charge is -2.23. The van der Waals surface area contributed by atoms with Crippen molar-refractivity contribution in [3.63, 3.8) is 0 Å². The van der Waals surface area contributed by atoms with Crippen LogP contribution in [0.25, 0.3) is 0 Å². The van der Waals surface area contributed by atoms with Crippen molar-refractivity contribution in [2.24, 2.45) is 12.8 Å². The summed E-state index contributed by atoms with van der Waals surface area (Å²) in [5.74, 6) is 1.48. The lowest BCUT2D eigenvalue weighted by molar-refractivity contribution is 0.414. The molecular weight excluding hydrogens is 274 g/mol. The maximum Gasteiger partial charge on any atom is 0.118 e. The fourth-order valence-electron chi connectivity index (χ4n) is 3.62. The zero-order valence-corrected chi connectivity index (χ0v) is 13.5. The predicted molar refractivity (Wildman–Crippen MR) is 88.4 cm³/mol. The van der Waals surface area contributed by atoms with Gasteiger partial charge >= 0.3 is 0 Å². The van der Waals surface area contributed by atoms with Gasteiger partial charge < -0.3 is 10.5 Å². The fraction of sp³-hybridized carbons (Fsp3) is 0.500. The van der Waals surface area contributed by atoms with Gasteiger partial charge in [0.05, 0.1) is 12.8 Å². The first-order chi connectivity index (χ1) is 10.7. The zero-order valence-electron chi connectivity index (χ0n) is 13.5. The van der Waals surface area contributed by atoms with Crippen molar-refractivity contribution < 1.29 is 4.74 Å². The third-order valence-corrected chi connectivity index (χ3v) is 4.70. The lowest BCUT2D eigenvalue weighted by Crippen LogP contribution is -2.15. The van der Waals surface area contributed by atoms with Crippen LogP contribution in [0.3, 0.4) is 0 Å². The molecule has 0 bridgehead atoms. The number of rotatable bonds is 5. The first kappa shape index (κ1) is 15.1. The van der Waals surface area contributed by atoms with E-state index in [1.54, 1.807) is 7.11 Å². The topological polar surface area (TPSA) is 53.1 Å². The molecule has 2 N–H and O–H groups in total. The minimum Gasteiger partial charge on any atom is -0.497 e. The quantitative estimate of drug-likeness (QED) is 0.923. The van der Waals surface area contributed by atoms with E-state index in [0.717, 1.165) is 31.6 Å². The highest BCUT2D eigenvalue weighted by Gasteiger charge is 2.27. The standard InChI is InChI=1S/C18H25N3O/c1-21-17-5-3-4-14(10-11-19)18(17)16(20-21)12-13-6-8-15(22-2)9-7-13/h6-9,14H,3-5,10-12,19H2,1-2H3. The molecule has 0 amide bonds. The van der Waals surface area contributed by atoms with Gasteiger partial charge in [-0.2, -0.15) is 5.10 Å². The number of fused-ring (bicyclic) bond motifs is 1. The van der Waals surface area contributed by atoms with Crippen LogP contribution in [0.1, 0.15) is 47.7 Å². The van der Waals surface area contributed by atoms with Crippen LogP contribution in [0, 0.1) is 0 Å². The van der Waals surface area contributed by atoms with E-state index in [9.17, 15) is 0 Å². The summed E-state index contributed by atoms with van der Waals surface area (Å²) in [6.07, 6.45) is 5.58. The number of hydrogen-bond acceptors (Lipinski definition) is 3. The molecule has 4 heteroatoms. The molecule has 1 atom stereocenters. The van der Waals surface area contributed by atoms with Crippen LogP contribution in [0.2, 0.25) is 0 Å². The average Bonchev–Trinajstić information content (AvgIpc) is 2.86. The molecule has 118 valence electrons. The Balaban J connectivity index is 1.90. The van der Waals surface area contributed by atoms with E-state index in [-0.39, 0.29) is 0 Å². The molecule has 2 aromatic rings. The van der Waals surface area contributed by atoms with Gasteiger partial charge in [0, 0.05) is 19.2 Å². The summed E-state index contributed by atoms with van der Waals surface area (Å²) in [7, 11) is 3.77. The molecule has 1 unspecified atom stereocenters. The second-order valence-electron chi connectivity index (χ2n) is 6.12. The van der Waals surface area contributed by atoms with E-state index in [0.29, 0.717) is 5.92 Å². The van der Waals surface area contributed by atoms with Crippen molar-refractivity contribution in [3.05, 3.63) is 46.8 Å². The van der Waals surface area contributed by atoms with Crippen LogP contribution in [-0.4, -0.2) is 23.4 Å². The Morgan fingerprint density at radius 2 is 2.09 bits per heavy atom. The summed E-state index contributed by atoms with van der Waals surface area (Å²) in [5, 5.41) is 4.81. The first-order valence-electron chi connectivity index (χ1n) is 8.10. The van der Waals surface area contributed by atoms with Gasteiger partial charge in [-0.15, -0.1) is 0 Å². The number of benzene rings is 1. The molecule has 1 aliphatic carbocycles. The number of nitrogens with zero attached hydrogens (tertiary/aromatic N) is 2. The second-order valence-corrected chi connectivity index (χ2v) is 6.12. The lowest BCUT2D eigenvalue weighted by atomic mass is 9.82. The number of nitrogens with two attached hydrogens (primary N) is 1. The highest BCUT2D eigenvalue weighted by molar-refractivity contribution is 5.37. The van der Waals surface area contributed by atoms with E-state index in [1.165, 1.54) is 35.4 Å². The summed E-state index contributed by atoms with van der Waals surface area (Å²) in [6, 6.07) is 8.28. The normalized spacial score (nSPS) is 17.3. The Morgan fingerprint density at radius 3 is 2.77 bits per heavy atom. The van der Waals surface area contributed by atoms with Crippen LogP contribution in [-0.2, 0) is 19.9 Å². The largest absolute Gasteiger partial charge is 0.497 e. The molecule has 1 aromatic heterocycles. The minimum absolute atomic E-state index is 0.579. The zero-order chi connectivity index (χ0) is 15.5. The summed E-state index contributed by atoms with van der Waals surface area (Å²) in [4.78, 5) is 0. The maximum atomic E-state index is 5.82. The summed E-state index contributed by atoms with van der Waals surface area (Å²) >= 11 is 0. The minimum atomic E-state index is 0.579. The summed E-state index contributed by atoms with van der Waals surface area (Å²) < 4.78 is 7.31. The fourth-order valence-corrected chi connectivity index (χ4v) is 3.62. The van der Waals surface area contributed by atoms with E-state index in [4.69, 9.17) is 15.6 Å². The first-order valence-corrected chi connectivity index (χ1v) is 8.10. The van der Waals surface area contributed by atoms with Gasteiger partial charge in [0.2, 0.25) is 0 Å². The van der Waals surface area contributed by atoms with E-state index in [2.05, 4.69) is 23.9 Å². The molecule has 1 aromatic carbocycles. The smallest absolute Gasteiger partial charge is 0.118 e. The predicted octanol–water partition coefficient (Wildman–Crippen LogP) is 2.79. The van der Waals surface area contributed by atoms with Crippen molar-refractivity contribution in [3.8, 4) is 5.75 Å². The Labute approximate surface area is 132 Å². The molecule has 0 aliphatic heterocycles. The molecule has 0 saturated carbocycles. The Bertz CT molecular complexity index is 631. The third kappa shape index (κ3) is 2.88. The van der Waals surface area contributed by atoms with Crippen molar-refractivity contribution in [2.75, 3.05) is 13.7 Å². The van der Waals surface area contributed by atoms with Crippen molar-refractivity contribution in [2.45, 2.75) is 38.0 Å². The molecule has 1 heterocycles. The number of aromatic nitrogens is 2. The molecule has 4 nitrogen and oxygen atoms in total. The van der Waals surface area contributed by atoms with Gasteiger partial charge in [0.1, 0.15) is 5.75 Å². The molecule has 0 fully saturated rings. The van der Waals surface area contributed by atoms with Crippen LogP contribution >= 0.6 is 0 Å². The molecule has 0 radical (unpaired) electrons. The number of aryl methyl sites for hydroxylation is 1. The van der Waals surface area contributed by atoms with Gasteiger partial charge in [-0.1, -0.05) is 12.1 Å². The number of ether oxygens (including phenoxy) is 1. The highest BCUT2D eigenvalue weighted by atomic mass is 16.5. The van der Waals surface area contributed by atoms with Crippen molar-refractivity contribution >= 4 is 0 Å². The van der Waals surface area contributed by atoms with E-state index in [1.807, 2.05) is 12.1 Å². The molecular formula is C18H25N3O. The van der Waals surface area contributed by atoms with Crippen LogP contribution in [0.5, 0.6) is 5.75 Å².